The van der Waals surface area contributed by atoms with Crippen molar-refractivity contribution in [2.24, 2.45) is 0 Å². The van der Waals surface area contributed by atoms with Crippen molar-refractivity contribution in [2.75, 3.05) is 7.11 Å². The molecule has 1 N–H and O–H groups in total. The molecule has 0 fully saturated rings. The third-order valence-electron chi connectivity index (χ3n) is 2.16. The Morgan fingerprint density at radius 2 is 2.38 bits per heavy atom. The first-order valence-electron chi connectivity index (χ1n) is 5.01. The number of carbonyl (C=O) groups is 1. The summed E-state index contributed by atoms with van der Waals surface area (Å²) in [5, 5.41) is 9.80. The van der Waals surface area contributed by atoms with Gasteiger partial charge in [-0.2, -0.15) is 0 Å². The number of nitrogens with zero attached hydrogens (tertiary/aromatic N) is 1. The van der Waals surface area contributed by atoms with Crippen molar-refractivity contribution in [2.45, 2.75) is 25.4 Å². The second-order valence-corrected chi connectivity index (χ2v) is 4.18. The van der Waals surface area contributed by atoms with Gasteiger partial charge in [0.15, 0.2) is 0 Å². The van der Waals surface area contributed by atoms with Crippen LogP contribution in [0.4, 0.5) is 0 Å². The van der Waals surface area contributed by atoms with Crippen molar-refractivity contribution in [1.82, 2.24) is 4.98 Å². The Morgan fingerprint density at radius 3 is 3.00 bits per heavy atom. The molecule has 0 aliphatic carbocycles. The molecule has 1 unspecified atom stereocenters. The lowest BCUT2D eigenvalue weighted by atomic mass is 10.1. The highest BCUT2D eigenvalue weighted by atomic mass is 79.9. The van der Waals surface area contributed by atoms with E-state index in [1.165, 1.54) is 7.11 Å². The van der Waals surface area contributed by atoms with Gasteiger partial charge in [-0.25, -0.2) is 4.98 Å². The maximum absolute atomic E-state index is 10.9. The fraction of sp³-hybridized carbons (Fsp3) is 0.455. The summed E-state index contributed by atoms with van der Waals surface area (Å²) in [5.74, 6) is -0.255. The summed E-state index contributed by atoms with van der Waals surface area (Å²) in [6.45, 7) is 0. The minimum Gasteiger partial charge on any atom is -0.469 e. The molecule has 1 rings (SSSR count). The third-order valence-corrected chi connectivity index (χ3v) is 2.61. The monoisotopic (exact) mass is 287 g/mol. The summed E-state index contributed by atoms with van der Waals surface area (Å²) in [6, 6.07) is 5.37. The van der Waals surface area contributed by atoms with Crippen LogP contribution in [-0.2, 0) is 9.53 Å². The van der Waals surface area contributed by atoms with Crippen LogP contribution in [0.1, 0.15) is 31.1 Å². The van der Waals surface area contributed by atoms with Gasteiger partial charge in [0, 0.05) is 6.42 Å². The van der Waals surface area contributed by atoms with Crippen LogP contribution in [0.2, 0.25) is 0 Å². The number of ether oxygens (including phenoxy) is 1. The second kappa shape index (κ2) is 6.60. The molecule has 0 spiro atoms. The molecule has 0 radical (unpaired) electrons. The van der Waals surface area contributed by atoms with Gasteiger partial charge >= 0.3 is 5.97 Å². The van der Waals surface area contributed by atoms with E-state index in [2.05, 4.69) is 25.7 Å². The van der Waals surface area contributed by atoms with Crippen molar-refractivity contribution in [3.63, 3.8) is 0 Å². The first-order valence-corrected chi connectivity index (χ1v) is 5.80. The fourth-order valence-electron chi connectivity index (χ4n) is 1.30. The number of aliphatic hydroxyl groups is 1. The number of hydrogen-bond donors (Lipinski definition) is 1. The highest BCUT2D eigenvalue weighted by molar-refractivity contribution is 9.10. The Hall–Kier alpha value is -0.940. The average Bonchev–Trinajstić information content (AvgIpc) is 2.28. The second-order valence-electron chi connectivity index (χ2n) is 3.37. The molecule has 1 heterocycles. The predicted octanol–water partition coefficient (Wildman–Crippen LogP) is 2.22. The molecule has 0 aromatic carbocycles. The standard InChI is InChI=1S/C11H14BrNO3/c1-16-11(15)7-3-5-9(14)8-4-2-6-10(12)13-8/h2,4,6,9,14H,3,5,7H2,1H3. The average molecular weight is 288 g/mol. The van der Waals surface area contributed by atoms with Gasteiger partial charge in [-0.3, -0.25) is 4.79 Å². The Labute approximate surface area is 103 Å². The van der Waals surface area contributed by atoms with Crippen LogP contribution in [0.15, 0.2) is 22.8 Å². The molecule has 0 amide bonds. The summed E-state index contributed by atoms with van der Waals surface area (Å²) in [6.07, 6.45) is 0.768. The van der Waals surface area contributed by atoms with Crippen LogP contribution in [0.25, 0.3) is 0 Å². The first kappa shape index (κ1) is 13.1. The molecule has 16 heavy (non-hydrogen) atoms. The normalized spacial score (nSPS) is 12.2. The smallest absolute Gasteiger partial charge is 0.305 e. The lowest BCUT2D eigenvalue weighted by Crippen LogP contribution is -2.04. The molecular weight excluding hydrogens is 274 g/mol. The zero-order chi connectivity index (χ0) is 12.0. The van der Waals surface area contributed by atoms with Crippen LogP contribution in [-0.4, -0.2) is 23.2 Å². The number of carbonyl (C=O) groups excluding carboxylic acids is 1. The minimum absolute atomic E-state index is 0.255. The predicted molar refractivity (Wildman–Crippen MR) is 62.8 cm³/mol. The van der Waals surface area contributed by atoms with Crippen LogP contribution in [0.5, 0.6) is 0 Å². The summed E-state index contributed by atoms with van der Waals surface area (Å²) in [7, 11) is 1.36. The molecular formula is C11H14BrNO3. The van der Waals surface area contributed by atoms with E-state index in [9.17, 15) is 9.90 Å². The lowest BCUT2D eigenvalue weighted by Gasteiger charge is -2.09. The fourth-order valence-corrected chi connectivity index (χ4v) is 1.66. The number of hydrogen-bond acceptors (Lipinski definition) is 4. The summed E-state index contributed by atoms with van der Waals surface area (Å²) >= 11 is 3.24. The van der Waals surface area contributed by atoms with E-state index in [0.29, 0.717) is 29.6 Å². The van der Waals surface area contributed by atoms with Gasteiger partial charge in [-0.05, 0) is 40.9 Å². The SMILES string of the molecule is COC(=O)CCCC(O)c1cccc(Br)n1. The van der Waals surface area contributed by atoms with Crippen LogP contribution < -0.4 is 0 Å². The molecule has 0 aliphatic rings. The molecule has 1 atom stereocenters. The number of methoxy groups -OCH3 is 1. The maximum atomic E-state index is 10.9. The summed E-state index contributed by atoms with van der Waals surface area (Å²) in [5.41, 5.74) is 0.610. The molecule has 5 heteroatoms. The van der Waals surface area contributed by atoms with Crippen LogP contribution >= 0.6 is 15.9 Å². The van der Waals surface area contributed by atoms with Gasteiger partial charge in [0.2, 0.25) is 0 Å². The zero-order valence-corrected chi connectivity index (χ0v) is 10.6. The Bertz CT molecular complexity index is 357. The van der Waals surface area contributed by atoms with Crippen molar-refractivity contribution in [1.29, 1.82) is 0 Å². The molecule has 1 aromatic rings. The quantitative estimate of drug-likeness (QED) is 0.666. The zero-order valence-electron chi connectivity index (χ0n) is 9.02. The van der Waals surface area contributed by atoms with Gasteiger partial charge in [-0.15, -0.1) is 0 Å². The number of esters is 1. The molecule has 0 saturated carbocycles. The number of aromatic nitrogens is 1. The van der Waals surface area contributed by atoms with Crippen molar-refractivity contribution < 1.29 is 14.6 Å². The molecule has 4 nitrogen and oxygen atoms in total. The molecule has 0 bridgehead atoms. The van der Waals surface area contributed by atoms with E-state index in [1.54, 1.807) is 12.1 Å². The van der Waals surface area contributed by atoms with E-state index < -0.39 is 6.10 Å². The van der Waals surface area contributed by atoms with Crippen LogP contribution in [0, 0.1) is 0 Å². The Balaban J connectivity index is 2.40. The Morgan fingerprint density at radius 1 is 1.62 bits per heavy atom. The van der Waals surface area contributed by atoms with Gasteiger partial charge in [0.25, 0.3) is 0 Å². The molecule has 0 saturated heterocycles. The number of halogens is 1. The Kier molecular flexibility index (Phi) is 5.42. The highest BCUT2D eigenvalue weighted by Crippen LogP contribution is 2.19. The maximum Gasteiger partial charge on any atom is 0.305 e. The minimum atomic E-state index is -0.637. The van der Waals surface area contributed by atoms with E-state index in [0.717, 1.165) is 0 Å². The molecule has 88 valence electrons. The largest absolute Gasteiger partial charge is 0.469 e. The van der Waals surface area contributed by atoms with Gasteiger partial charge in [-0.1, -0.05) is 6.07 Å². The van der Waals surface area contributed by atoms with E-state index >= 15 is 0 Å². The van der Waals surface area contributed by atoms with Crippen molar-refractivity contribution >= 4 is 21.9 Å². The van der Waals surface area contributed by atoms with E-state index in [4.69, 9.17) is 0 Å². The third kappa shape index (κ3) is 4.28. The molecule has 1 aromatic heterocycles. The topological polar surface area (TPSA) is 59.4 Å². The lowest BCUT2D eigenvalue weighted by molar-refractivity contribution is -0.140. The number of aliphatic hydroxyl groups excluding tert-OH is 1. The molecule has 0 aliphatic heterocycles. The van der Waals surface area contributed by atoms with Crippen molar-refractivity contribution in [3.8, 4) is 0 Å². The van der Waals surface area contributed by atoms with E-state index in [1.807, 2.05) is 6.07 Å². The van der Waals surface area contributed by atoms with Gasteiger partial charge < -0.3 is 9.84 Å². The van der Waals surface area contributed by atoms with Crippen LogP contribution in [0.3, 0.4) is 0 Å². The number of pyridine rings is 1. The van der Waals surface area contributed by atoms with Crippen molar-refractivity contribution in [3.05, 3.63) is 28.5 Å². The van der Waals surface area contributed by atoms with Gasteiger partial charge in [0.05, 0.1) is 18.9 Å². The number of rotatable bonds is 5. The highest BCUT2D eigenvalue weighted by Gasteiger charge is 2.10. The summed E-state index contributed by atoms with van der Waals surface area (Å²) in [4.78, 5) is 15.0. The summed E-state index contributed by atoms with van der Waals surface area (Å²) < 4.78 is 5.20. The van der Waals surface area contributed by atoms with Gasteiger partial charge in [0.1, 0.15) is 4.60 Å². The first-order chi connectivity index (χ1) is 7.63. The van der Waals surface area contributed by atoms with E-state index in [-0.39, 0.29) is 5.97 Å².